The van der Waals surface area contributed by atoms with Crippen LogP contribution >= 0.6 is 11.6 Å². The number of nitrogens with zero attached hydrogens (tertiary/aromatic N) is 2. The second-order valence-corrected chi connectivity index (χ2v) is 4.67. The van der Waals surface area contributed by atoms with Crippen molar-refractivity contribution < 1.29 is 5.11 Å². The maximum absolute atomic E-state index is 9.70. The summed E-state index contributed by atoms with van der Waals surface area (Å²) < 4.78 is 0. The normalized spacial score (nSPS) is 12.9. The monoisotopic (exact) mass is 243 g/mol. The summed E-state index contributed by atoms with van der Waals surface area (Å²) in [4.78, 5) is 7.92. The largest absolute Gasteiger partial charge is 0.391 e. The van der Waals surface area contributed by atoms with Crippen LogP contribution in [-0.4, -0.2) is 27.7 Å². The molecule has 1 unspecified atom stereocenters. The maximum atomic E-state index is 9.70. The van der Waals surface area contributed by atoms with E-state index in [9.17, 15) is 5.11 Å². The van der Waals surface area contributed by atoms with E-state index in [-0.39, 0.29) is 11.4 Å². The average Bonchev–Trinajstić information content (AvgIpc) is 2.18. The molecule has 0 bridgehead atoms. The molecule has 1 aromatic heterocycles. The summed E-state index contributed by atoms with van der Waals surface area (Å²) in [5.41, 5.74) is 0.918. The number of aliphatic hydroxyl groups is 1. The first-order chi connectivity index (χ1) is 7.49. The Morgan fingerprint density at radius 1 is 1.50 bits per heavy atom. The number of anilines is 1. The van der Waals surface area contributed by atoms with Crippen molar-refractivity contribution in [1.29, 1.82) is 0 Å². The van der Waals surface area contributed by atoms with E-state index in [0.717, 1.165) is 12.0 Å². The third-order valence-corrected chi connectivity index (χ3v) is 2.37. The Morgan fingerprint density at radius 2 is 2.19 bits per heavy atom. The molecule has 0 aliphatic rings. The van der Waals surface area contributed by atoms with Gasteiger partial charge in [-0.3, -0.25) is 0 Å². The van der Waals surface area contributed by atoms with Gasteiger partial charge in [-0.2, -0.15) is 0 Å². The molecule has 1 rings (SSSR count). The first-order valence-electron chi connectivity index (χ1n) is 5.40. The zero-order valence-corrected chi connectivity index (χ0v) is 10.6. The van der Waals surface area contributed by atoms with Gasteiger partial charge in [0.05, 0.1) is 6.10 Å². The molecule has 1 aromatic rings. The molecule has 5 heteroatoms. The Morgan fingerprint density at radius 3 is 2.81 bits per heavy atom. The van der Waals surface area contributed by atoms with Crippen molar-refractivity contribution >= 4 is 17.4 Å². The van der Waals surface area contributed by atoms with Crippen molar-refractivity contribution in [2.24, 2.45) is 5.92 Å². The van der Waals surface area contributed by atoms with Crippen LogP contribution in [0.25, 0.3) is 0 Å². The van der Waals surface area contributed by atoms with Crippen molar-refractivity contribution in [1.82, 2.24) is 9.97 Å². The van der Waals surface area contributed by atoms with Crippen LogP contribution in [0, 0.1) is 12.8 Å². The number of hydrogen-bond donors (Lipinski definition) is 2. The van der Waals surface area contributed by atoms with Gasteiger partial charge in [0.1, 0.15) is 5.82 Å². The van der Waals surface area contributed by atoms with Gasteiger partial charge in [-0.1, -0.05) is 13.8 Å². The summed E-state index contributed by atoms with van der Waals surface area (Å²) in [7, 11) is 0. The predicted octanol–water partition coefficient (Wildman–Crippen LogP) is 2.26. The second-order valence-electron chi connectivity index (χ2n) is 4.33. The van der Waals surface area contributed by atoms with Gasteiger partial charge in [-0.15, -0.1) is 0 Å². The standard InChI is InChI=1S/C11H18ClN3O/c1-7(2)4-9(16)6-13-10-8(3)5-14-11(12)15-10/h5,7,9,16H,4,6H2,1-3H3,(H,13,14,15). The van der Waals surface area contributed by atoms with Crippen molar-refractivity contribution in [2.75, 3.05) is 11.9 Å². The number of hydrogen-bond acceptors (Lipinski definition) is 4. The topological polar surface area (TPSA) is 58.0 Å². The number of aryl methyl sites for hydroxylation is 1. The highest BCUT2D eigenvalue weighted by atomic mass is 35.5. The van der Waals surface area contributed by atoms with Crippen LogP contribution in [0.4, 0.5) is 5.82 Å². The third-order valence-electron chi connectivity index (χ3n) is 2.19. The lowest BCUT2D eigenvalue weighted by molar-refractivity contribution is 0.161. The highest BCUT2D eigenvalue weighted by molar-refractivity contribution is 6.28. The molecule has 0 aromatic carbocycles. The van der Waals surface area contributed by atoms with Gasteiger partial charge in [0, 0.05) is 18.3 Å². The van der Waals surface area contributed by atoms with Crippen LogP contribution in [0.5, 0.6) is 0 Å². The molecular weight excluding hydrogens is 226 g/mol. The van der Waals surface area contributed by atoms with Crippen LogP contribution in [0.1, 0.15) is 25.8 Å². The fraction of sp³-hybridized carbons (Fsp3) is 0.636. The fourth-order valence-corrected chi connectivity index (χ4v) is 1.57. The summed E-state index contributed by atoms with van der Waals surface area (Å²) in [6.45, 7) is 6.53. The number of aromatic nitrogens is 2. The minimum absolute atomic E-state index is 0.214. The lowest BCUT2D eigenvalue weighted by Gasteiger charge is -2.15. The van der Waals surface area contributed by atoms with E-state index < -0.39 is 0 Å². The van der Waals surface area contributed by atoms with E-state index in [1.165, 1.54) is 0 Å². The molecule has 0 amide bonds. The Kier molecular flexibility index (Phi) is 4.96. The number of rotatable bonds is 5. The Bertz CT molecular complexity index is 344. The molecule has 0 saturated heterocycles. The van der Waals surface area contributed by atoms with E-state index in [4.69, 9.17) is 11.6 Å². The van der Waals surface area contributed by atoms with Crippen LogP contribution < -0.4 is 5.32 Å². The first kappa shape index (κ1) is 13.2. The zero-order chi connectivity index (χ0) is 12.1. The van der Waals surface area contributed by atoms with Crippen molar-refractivity contribution in [2.45, 2.75) is 33.3 Å². The fourth-order valence-electron chi connectivity index (χ4n) is 1.44. The van der Waals surface area contributed by atoms with Gasteiger partial charge in [-0.05, 0) is 30.9 Å². The molecule has 16 heavy (non-hydrogen) atoms. The lowest BCUT2D eigenvalue weighted by Crippen LogP contribution is -2.22. The molecule has 2 N–H and O–H groups in total. The molecule has 0 spiro atoms. The smallest absolute Gasteiger partial charge is 0.224 e. The molecule has 1 atom stereocenters. The molecule has 90 valence electrons. The van der Waals surface area contributed by atoms with Crippen molar-refractivity contribution in [3.63, 3.8) is 0 Å². The van der Waals surface area contributed by atoms with E-state index in [1.807, 2.05) is 6.92 Å². The summed E-state index contributed by atoms with van der Waals surface area (Å²) in [6.07, 6.45) is 2.06. The van der Waals surface area contributed by atoms with Crippen LogP contribution in [0.3, 0.4) is 0 Å². The van der Waals surface area contributed by atoms with Crippen LogP contribution in [0.2, 0.25) is 5.28 Å². The number of halogens is 1. The number of aliphatic hydroxyl groups excluding tert-OH is 1. The quantitative estimate of drug-likeness (QED) is 0.779. The highest BCUT2D eigenvalue weighted by Crippen LogP contribution is 2.13. The molecule has 0 aliphatic carbocycles. The lowest BCUT2D eigenvalue weighted by atomic mass is 10.1. The molecule has 4 nitrogen and oxygen atoms in total. The summed E-state index contributed by atoms with van der Waals surface area (Å²) in [5, 5.41) is 13.0. The van der Waals surface area contributed by atoms with Crippen LogP contribution in [-0.2, 0) is 0 Å². The SMILES string of the molecule is Cc1cnc(Cl)nc1NCC(O)CC(C)C. The van der Waals surface area contributed by atoms with E-state index in [1.54, 1.807) is 6.20 Å². The summed E-state index contributed by atoms with van der Waals surface area (Å²) >= 11 is 5.69. The average molecular weight is 244 g/mol. The van der Waals surface area contributed by atoms with Gasteiger partial charge in [0.2, 0.25) is 5.28 Å². The third kappa shape index (κ3) is 4.33. The van der Waals surface area contributed by atoms with Gasteiger partial charge in [0.25, 0.3) is 0 Å². The highest BCUT2D eigenvalue weighted by Gasteiger charge is 2.08. The minimum atomic E-state index is -0.367. The van der Waals surface area contributed by atoms with Gasteiger partial charge >= 0.3 is 0 Å². The van der Waals surface area contributed by atoms with Gasteiger partial charge < -0.3 is 10.4 Å². The first-order valence-corrected chi connectivity index (χ1v) is 5.78. The molecule has 0 fully saturated rings. The number of nitrogens with one attached hydrogen (secondary N) is 1. The predicted molar refractivity (Wildman–Crippen MR) is 65.7 cm³/mol. The van der Waals surface area contributed by atoms with Crippen molar-refractivity contribution in [3.8, 4) is 0 Å². The Hall–Kier alpha value is -0.870. The summed E-state index contributed by atoms with van der Waals surface area (Å²) in [5.74, 6) is 1.16. The van der Waals surface area contributed by atoms with Crippen LogP contribution in [0.15, 0.2) is 6.20 Å². The molecular formula is C11H18ClN3O. The summed E-state index contributed by atoms with van der Waals surface area (Å²) in [6, 6.07) is 0. The van der Waals surface area contributed by atoms with Gasteiger partial charge in [0.15, 0.2) is 0 Å². The minimum Gasteiger partial charge on any atom is -0.391 e. The Labute approximate surface area is 101 Å². The maximum Gasteiger partial charge on any atom is 0.224 e. The van der Waals surface area contributed by atoms with Gasteiger partial charge in [-0.25, -0.2) is 9.97 Å². The molecule has 1 heterocycles. The van der Waals surface area contributed by atoms with E-state index in [2.05, 4.69) is 29.1 Å². The van der Waals surface area contributed by atoms with Crippen molar-refractivity contribution in [3.05, 3.63) is 17.0 Å². The second kappa shape index (κ2) is 6.01. The van der Waals surface area contributed by atoms with E-state index in [0.29, 0.717) is 18.3 Å². The van der Waals surface area contributed by atoms with E-state index >= 15 is 0 Å². The molecule has 0 radical (unpaired) electrons. The molecule has 0 saturated carbocycles. The Balaban J connectivity index is 2.51. The molecule has 0 aliphatic heterocycles. The zero-order valence-electron chi connectivity index (χ0n) is 9.87.